The number of benzene rings is 3. The molecule has 0 bridgehead atoms. The van der Waals surface area contributed by atoms with Gasteiger partial charge in [0, 0.05) is 5.92 Å². The quantitative estimate of drug-likeness (QED) is 0.261. The second-order valence-corrected chi connectivity index (χ2v) is 13.0. The minimum absolute atomic E-state index is 0.0322. The van der Waals surface area contributed by atoms with E-state index in [0.717, 1.165) is 22.6 Å². The van der Waals surface area contributed by atoms with Crippen molar-refractivity contribution in [2.45, 2.75) is 64.1 Å². The second-order valence-electron chi connectivity index (χ2n) is 13.0. The van der Waals surface area contributed by atoms with E-state index in [1.807, 2.05) is 19.1 Å². The van der Waals surface area contributed by atoms with E-state index >= 15 is 4.79 Å². The lowest BCUT2D eigenvalue weighted by molar-refractivity contribution is -0.160. The van der Waals surface area contributed by atoms with Gasteiger partial charge in [-0.1, -0.05) is 48.0 Å². The summed E-state index contributed by atoms with van der Waals surface area (Å²) in [5, 5.41) is 0. The Balaban J connectivity index is 1.64. The van der Waals surface area contributed by atoms with E-state index in [0.29, 0.717) is 11.1 Å². The molecule has 2 heterocycles. The molecular formula is C36H34FNO8. The highest BCUT2D eigenvalue weighted by atomic mass is 19.1. The second kappa shape index (κ2) is 11.2. The molecule has 1 aliphatic carbocycles. The van der Waals surface area contributed by atoms with Crippen LogP contribution in [-0.2, 0) is 29.3 Å². The number of halogens is 1. The van der Waals surface area contributed by atoms with Gasteiger partial charge in [0.2, 0.25) is 11.7 Å². The molecule has 5 atom stereocenters. The van der Waals surface area contributed by atoms with Crippen molar-refractivity contribution in [1.82, 2.24) is 0 Å². The Bertz CT molecular complexity index is 1780. The lowest BCUT2D eigenvalue weighted by atomic mass is 9.51. The van der Waals surface area contributed by atoms with Gasteiger partial charge in [-0.15, -0.1) is 0 Å². The number of carbonyl (C=O) groups is 5. The third-order valence-electron chi connectivity index (χ3n) is 8.99. The number of Topliss-reactive ketones (excluding diaryl/α,β-unsaturated/α-hetero) is 2. The Labute approximate surface area is 265 Å². The first-order chi connectivity index (χ1) is 21.8. The van der Waals surface area contributed by atoms with Gasteiger partial charge in [0.25, 0.3) is 0 Å². The smallest absolute Gasteiger partial charge is 0.421 e. The van der Waals surface area contributed by atoms with Crippen LogP contribution in [0.4, 0.5) is 14.9 Å². The van der Waals surface area contributed by atoms with E-state index in [2.05, 4.69) is 0 Å². The van der Waals surface area contributed by atoms with Crippen molar-refractivity contribution in [3.05, 3.63) is 94.8 Å². The maximum atomic E-state index is 15.0. The summed E-state index contributed by atoms with van der Waals surface area (Å²) >= 11 is 0. The molecule has 3 aromatic rings. The maximum Gasteiger partial charge on any atom is 0.421 e. The van der Waals surface area contributed by atoms with Crippen LogP contribution in [0.5, 0.6) is 5.75 Å². The van der Waals surface area contributed by atoms with Crippen molar-refractivity contribution in [2.24, 2.45) is 11.8 Å². The topological polar surface area (TPSA) is 116 Å². The number of ketones is 2. The van der Waals surface area contributed by atoms with E-state index in [9.17, 15) is 23.6 Å². The van der Waals surface area contributed by atoms with Crippen LogP contribution >= 0.6 is 0 Å². The normalized spacial score (nSPS) is 24.9. The molecular weight excluding hydrogens is 593 g/mol. The van der Waals surface area contributed by atoms with Crippen LogP contribution in [0.3, 0.4) is 0 Å². The standard InChI is InChI=1S/C36H34FNO8/c1-6-44-32(41)30(40)27-28(20-13-11-19(2)12-14-20)36(18-23-29(39)22-17-21(37)15-16-26(22)45-31(23)27)24-9-7-8-10-25(24)38(33(36)42)34(43)46-35(3,4)5/h7-17,23,27-28,31H,6,18H2,1-5H3/t23-,27+,28-,31-,36-/m0/s1. The van der Waals surface area contributed by atoms with E-state index < -0.39 is 70.2 Å². The molecule has 3 aromatic carbocycles. The van der Waals surface area contributed by atoms with Gasteiger partial charge in [0.05, 0.1) is 35.1 Å². The van der Waals surface area contributed by atoms with Gasteiger partial charge in [0.15, 0.2) is 5.78 Å². The minimum atomic E-state index is -1.71. The van der Waals surface area contributed by atoms with E-state index in [-0.39, 0.29) is 30.0 Å². The number of para-hydroxylation sites is 1. The largest absolute Gasteiger partial charge is 0.488 e. The van der Waals surface area contributed by atoms with Crippen molar-refractivity contribution >= 4 is 35.2 Å². The van der Waals surface area contributed by atoms with Crippen LogP contribution in [0.1, 0.15) is 67.1 Å². The zero-order valence-corrected chi connectivity index (χ0v) is 26.2. The van der Waals surface area contributed by atoms with Gasteiger partial charge in [-0.3, -0.25) is 14.4 Å². The number of esters is 1. The summed E-state index contributed by atoms with van der Waals surface area (Å²) in [6.07, 6.45) is -2.31. The number of anilines is 1. The monoisotopic (exact) mass is 627 g/mol. The summed E-state index contributed by atoms with van der Waals surface area (Å²) < 4.78 is 31.6. The van der Waals surface area contributed by atoms with Gasteiger partial charge in [-0.05, 0) is 76.4 Å². The predicted octanol–water partition coefficient (Wildman–Crippen LogP) is 5.85. The van der Waals surface area contributed by atoms with Gasteiger partial charge < -0.3 is 14.2 Å². The van der Waals surface area contributed by atoms with Crippen molar-refractivity contribution in [1.29, 1.82) is 0 Å². The Morgan fingerprint density at radius 1 is 1.02 bits per heavy atom. The summed E-state index contributed by atoms with van der Waals surface area (Å²) in [4.78, 5) is 71.5. The number of rotatable bonds is 4. The van der Waals surface area contributed by atoms with Crippen LogP contribution in [0, 0.1) is 24.6 Å². The van der Waals surface area contributed by atoms with Crippen LogP contribution in [0.25, 0.3) is 0 Å². The number of ether oxygens (including phenoxy) is 3. The molecule has 0 N–H and O–H groups in total. The molecule has 3 aliphatic rings. The third kappa shape index (κ3) is 4.87. The number of carbonyl (C=O) groups excluding carboxylic acids is 5. The van der Waals surface area contributed by atoms with Crippen LogP contribution in [0.15, 0.2) is 66.7 Å². The SMILES string of the molecule is CCOC(=O)C(=O)[C@@H]1[C@H]2Oc3ccc(F)cc3C(=O)[C@@H]2C[C@@]2(C(=O)N(C(=O)OC(C)(C)C)c3ccccc32)[C@H]1c1ccc(C)cc1. The van der Waals surface area contributed by atoms with Crippen molar-refractivity contribution in [3.63, 3.8) is 0 Å². The van der Waals surface area contributed by atoms with Gasteiger partial charge in [-0.25, -0.2) is 18.9 Å². The number of amides is 2. The number of hydrogen-bond donors (Lipinski definition) is 0. The van der Waals surface area contributed by atoms with Crippen molar-refractivity contribution < 1.29 is 42.6 Å². The molecule has 6 rings (SSSR count). The molecule has 46 heavy (non-hydrogen) atoms. The highest BCUT2D eigenvalue weighted by Crippen LogP contribution is 2.61. The van der Waals surface area contributed by atoms with Gasteiger partial charge in [-0.2, -0.15) is 0 Å². The molecule has 2 amide bonds. The lowest BCUT2D eigenvalue weighted by Crippen LogP contribution is -2.62. The Hall–Kier alpha value is -4.86. The molecule has 0 aromatic heterocycles. The molecule has 1 saturated carbocycles. The third-order valence-corrected chi connectivity index (χ3v) is 8.99. The first-order valence-corrected chi connectivity index (χ1v) is 15.2. The Morgan fingerprint density at radius 2 is 1.72 bits per heavy atom. The Kier molecular flexibility index (Phi) is 7.57. The summed E-state index contributed by atoms with van der Waals surface area (Å²) in [5.74, 6) is -7.57. The van der Waals surface area contributed by atoms with E-state index in [4.69, 9.17) is 14.2 Å². The number of aryl methyl sites for hydroxylation is 1. The number of imide groups is 1. The molecule has 1 fully saturated rings. The first-order valence-electron chi connectivity index (χ1n) is 15.2. The summed E-state index contributed by atoms with van der Waals surface area (Å²) in [5.41, 5.74) is -0.602. The number of fused-ring (bicyclic) bond motifs is 4. The molecule has 0 unspecified atom stereocenters. The summed E-state index contributed by atoms with van der Waals surface area (Å²) in [6, 6.07) is 17.4. The number of hydrogen-bond acceptors (Lipinski definition) is 8. The van der Waals surface area contributed by atoms with Gasteiger partial charge in [0.1, 0.15) is 23.3 Å². The summed E-state index contributed by atoms with van der Waals surface area (Å²) in [6.45, 7) is 8.40. The molecule has 1 spiro atoms. The molecule has 238 valence electrons. The van der Waals surface area contributed by atoms with Crippen LogP contribution in [-0.4, -0.2) is 47.8 Å². The highest BCUT2D eigenvalue weighted by molar-refractivity contribution is 6.35. The molecule has 10 heteroatoms. The highest BCUT2D eigenvalue weighted by Gasteiger charge is 2.68. The van der Waals surface area contributed by atoms with Crippen molar-refractivity contribution in [2.75, 3.05) is 11.5 Å². The minimum Gasteiger partial charge on any atom is -0.488 e. The van der Waals surface area contributed by atoms with E-state index in [1.54, 1.807) is 64.1 Å². The number of nitrogens with zero attached hydrogens (tertiary/aromatic N) is 1. The van der Waals surface area contributed by atoms with Crippen LogP contribution in [0.2, 0.25) is 0 Å². The zero-order chi connectivity index (χ0) is 33.1. The fourth-order valence-electron chi connectivity index (χ4n) is 7.24. The molecule has 9 nitrogen and oxygen atoms in total. The zero-order valence-electron chi connectivity index (χ0n) is 26.2. The average molecular weight is 628 g/mol. The van der Waals surface area contributed by atoms with E-state index in [1.165, 1.54) is 6.07 Å². The fourth-order valence-corrected chi connectivity index (χ4v) is 7.24. The van der Waals surface area contributed by atoms with Crippen molar-refractivity contribution in [3.8, 4) is 5.75 Å². The molecule has 0 radical (unpaired) electrons. The predicted molar refractivity (Wildman–Crippen MR) is 164 cm³/mol. The fraction of sp³-hybridized carbons (Fsp3) is 0.361. The molecule has 2 aliphatic heterocycles. The Morgan fingerprint density at radius 3 is 2.39 bits per heavy atom. The molecule has 0 saturated heterocycles. The summed E-state index contributed by atoms with van der Waals surface area (Å²) in [7, 11) is 0. The van der Waals surface area contributed by atoms with Crippen LogP contribution < -0.4 is 9.64 Å². The first kappa shape index (κ1) is 31.1. The average Bonchev–Trinajstić information content (AvgIpc) is 3.24. The lowest BCUT2D eigenvalue weighted by Gasteiger charge is -2.52. The van der Waals surface area contributed by atoms with Gasteiger partial charge >= 0.3 is 12.1 Å². The maximum absolute atomic E-state index is 15.0.